The summed E-state index contributed by atoms with van der Waals surface area (Å²) in [6.45, 7) is 0. The summed E-state index contributed by atoms with van der Waals surface area (Å²) in [5, 5.41) is 3.21. The van der Waals surface area contributed by atoms with Crippen molar-refractivity contribution >= 4 is 22.6 Å². The molecule has 7 heavy (non-hydrogen) atoms. The Hall–Kier alpha value is 0.690. The molecule has 1 aliphatic rings. The first-order valence-electron chi connectivity index (χ1n) is 2.66. The highest BCUT2D eigenvalue weighted by molar-refractivity contribution is 14.1. The lowest BCUT2D eigenvalue weighted by molar-refractivity contribution is 0.689. The number of hydrogen-bond donors (Lipinski definition) is 1. The molecule has 2 heteroatoms. The van der Waals surface area contributed by atoms with E-state index in [9.17, 15) is 0 Å². The Kier molecular flexibility index (Phi) is 1.92. The first kappa shape index (κ1) is 5.82. The van der Waals surface area contributed by atoms with E-state index in [2.05, 4.69) is 27.9 Å². The van der Waals surface area contributed by atoms with Gasteiger partial charge in [-0.1, -0.05) is 22.6 Å². The fourth-order valence-corrected chi connectivity index (χ4v) is 1.34. The molecule has 0 saturated heterocycles. The van der Waals surface area contributed by atoms with Gasteiger partial charge in [0.05, 0.1) is 4.05 Å². The van der Waals surface area contributed by atoms with Crippen LogP contribution in [0.4, 0.5) is 0 Å². The van der Waals surface area contributed by atoms with Crippen molar-refractivity contribution in [2.75, 3.05) is 7.05 Å². The number of alkyl halides is 1. The molecule has 1 rings (SSSR count). The van der Waals surface area contributed by atoms with Gasteiger partial charge in [0.2, 0.25) is 0 Å². The number of nitrogens with one attached hydrogen (secondary N) is 1. The Morgan fingerprint density at radius 2 is 2.29 bits per heavy atom. The zero-order valence-corrected chi connectivity index (χ0v) is 6.60. The molecule has 1 nitrogen and oxygen atoms in total. The first-order chi connectivity index (χ1) is 3.34. The van der Waals surface area contributed by atoms with Gasteiger partial charge in [0, 0.05) is 0 Å². The lowest BCUT2D eigenvalue weighted by Crippen LogP contribution is -2.19. The van der Waals surface area contributed by atoms with E-state index >= 15 is 0 Å². The van der Waals surface area contributed by atoms with E-state index in [4.69, 9.17) is 0 Å². The molecule has 1 atom stereocenters. The second-order valence-corrected chi connectivity index (χ2v) is 3.37. The van der Waals surface area contributed by atoms with Gasteiger partial charge in [0.25, 0.3) is 0 Å². The molecule has 0 heterocycles. The van der Waals surface area contributed by atoms with Crippen LogP contribution in [-0.4, -0.2) is 11.1 Å². The smallest absolute Gasteiger partial charge is 0.0619 e. The topological polar surface area (TPSA) is 12.0 Å². The average Bonchev–Trinajstić information content (AvgIpc) is 2.44. The van der Waals surface area contributed by atoms with Crippen molar-refractivity contribution in [1.82, 2.24) is 5.32 Å². The van der Waals surface area contributed by atoms with Gasteiger partial charge in [-0.25, -0.2) is 0 Å². The molecule has 1 aliphatic carbocycles. The molecule has 42 valence electrons. The molecule has 0 aromatic rings. The quantitative estimate of drug-likeness (QED) is 0.413. The largest absolute Gasteiger partial charge is 0.308 e. The summed E-state index contributed by atoms with van der Waals surface area (Å²) in [6.07, 6.45) is 2.88. The van der Waals surface area contributed by atoms with Gasteiger partial charge in [-0.3, -0.25) is 0 Å². The Balaban J connectivity index is 2.10. The molecule has 0 aromatic carbocycles. The highest BCUT2D eigenvalue weighted by Crippen LogP contribution is 2.34. The average molecular weight is 211 g/mol. The Labute approximate surface area is 58.0 Å². The fraction of sp³-hybridized carbons (Fsp3) is 1.00. The first-order valence-corrected chi connectivity index (χ1v) is 3.90. The summed E-state index contributed by atoms with van der Waals surface area (Å²) in [4.78, 5) is 0. The number of rotatable bonds is 2. The van der Waals surface area contributed by atoms with Crippen molar-refractivity contribution in [3.05, 3.63) is 0 Å². The minimum atomic E-state index is 0.734. The monoisotopic (exact) mass is 211 g/mol. The van der Waals surface area contributed by atoms with E-state index in [0.717, 1.165) is 9.97 Å². The van der Waals surface area contributed by atoms with Crippen molar-refractivity contribution in [2.24, 2.45) is 5.92 Å². The van der Waals surface area contributed by atoms with Gasteiger partial charge < -0.3 is 5.32 Å². The highest BCUT2D eigenvalue weighted by Gasteiger charge is 2.27. The standard InChI is InChI=1S/C5H10IN/c1-7-5(6)4-2-3-4/h4-5,7H,2-3H2,1H3. The van der Waals surface area contributed by atoms with Crippen LogP contribution in [0, 0.1) is 5.92 Å². The van der Waals surface area contributed by atoms with Crippen LogP contribution in [-0.2, 0) is 0 Å². The minimum absolute atomic E-state index is 0.734. The Morgan fingerprint density at radius 1 is 1.71 bits per heavy atom. The third kappa shape index (κ3) is 1.57. The highest BCUT2D eigenvalue weighted by atomic mass is 127. The van der Waals surface area contributed by atoms with Gasteiger partial charge in [0.1, 0.15) is 0 Å². The molecule has 0 aromatic heterocycles. The van der Waals surface area contributed by atoms with Gasteiger partial charge in [0.15, 0.2) is 0 Å². The van der Waals surface area contributed by atoms with E-state index in [1.807, 2.05) is 7.05 Å². The Bertz CT molecular complexity index is 61.1. The zero-order valence-electron chi connectivity index (χ0n) is 4.45. The molecule has 0 aliphatic heterocycles. The van der Waals surface area contributed by atoms with E-state index < -0.39 is 0 Å². The molecule has 0 spiro atoms. The normalized spacial score (nSPS) is 24.9. The van der Waals surface area contributed by atoms with Crippen LogP contribution in [0.1, 0.15) is 12.8 Å². The molecule has 0 radical (unpaired) electrons. The van der Waals surface area contributed by atoms with E-state index in [1.165, 1.54) is 12.8 Å². The number of halogens is 1. The van der Waals surface area contributed by atoms with Gasteiger partial charge in [-0.15, -0.1) is 0 Å². The summed E-state index contributed by atoms with van der Waals surface area (Å²) >= 11 is 2.45. The van der Waals surface area contributed by atoms with E-state index in [0.29, 0.717) is 0 Å². The van der Waals surface area contributed by atoms with Gasteiger partial charge in [-0.05, 0) is 25.8 Å². The van der Waals surface area contributed by atoms with Crippen LogP contribution in [0.2, 0.25) is 0 Å². The van der Waals surface area contributed by atoms with Crippen molar-refractivity contribution < 1.29 is 0 Å². The van der Waals surface area contributed by atoms with Crippen LogP contribution < -0.4 is 5.32 Å². The summed E-state index contributed by atoms with van der Waals surface area (Å²) in [5.74, 6) is 0.991. The molecule has 1 saturated carbocycles. The third-order valence-electron chi connectivity index (χ3n) is 1.31. The Morgan fingerprint density at radius 3 is 2.43 bits per heavy atom. The fourth-order valence-electron chi connectivity index (χ4n) is 0.625. The molecule has 1 N–H and O–H groups in total. The van der Waals surface area contributed by atoms with Crippen LogP contribution in [0.15, 0.2) is 0 Å². The molecular formula is C5H10IN. The van der Waals surface area contributed by atoms with Gasteiger partial charge >= 0.3 is 0 Å². The minimum Gasteiger partial charge on any atom is -0.308 e. The van der Waals surface area contributed by atoms with Crippen molar-refractivity contribution in [3.63, 3.8) is 0 Å². The lowest BCUT2D eigenvalue weighted by Gasteiger charge is -2.02. The summed E-state index contributed by atoms with van der Waals surface area (Å²) in [5.41, 5.74) is 0. The summed E-state index contributed by atoms with van der Waals surface area (Å²) < 4.78 is 0.734. The van der Waals surface area contributed by atoms with Crippen LogP contribution in [0.25, 0.3) is 0 Å². The van der Waals surface area contributed by atoms with Crippen molar-refractivity contribution in [1.29, 1.82) is 0 Å². The van der Waals surface area contributed by atoms with E-state index in [1.54, 1.807) is 0 Å². The summed E-state index contributed by atoms with van der Waals surface area (Å²) in [6, 6.07) is 0. The van der Waals surface area contributed by atoms with Crippen molar-refractivity contribution in [3.8, 4) is 0 Å². The van der Waals surface area contributed by atoms with Gasteiger partial charge in [-0.2, -0.15) is 0 Å². The molecule has 0 bridgehead atoms. The molecule has 1 unspecified atom stereocenters. The van der Waals surface area contributed by atoms with E-state index in [-0.39, 0.29) is 0 Å². The van der Waals surface area contributed by atoms with Crippen LogP contribution >= 0.6 is 22.6 Å². The predicted octanol–water partition coefficient (Wildman–Crippen LogP) is 1.38. The van der Waals surface area contributed by atoms with Crippen LogP contribution in [0.3, 0.4) is 0 Å². The maximum atomic E-state index is 3.21. The molecule has 1 fully saturated rings. The third-order valence-corrected chi connectivity index (χ3v) is 2.95. The van der Waals surface area contributed by atoms with Crippen molar-refractivity contribution in [2.45, 2.75) is 16.9 Å². The number of hydrogen-bond acceptors (Lipinski definition) is 1. The maximum Gasteiger partial charge on any atom is 0.0619 e. The predicted molar refractivity (Wildman–Crippen MR) is 39.6 cm³/mol. The SMILES string of the molecule is CNC(I)C1CC1. The second-order valence-electron chi connectivity index (χ2n) is 2.03. The second kappa shape index (κ2) is 2.31. The zero-order chi connectivity index (χ0) is 5.28. The molecule has 0 amide bonds. The summed E-state index contributed by atoms with van der Waals surface area (Å²) in [7, 11) is 2.02. The lowest BCUT2D eigenvalue weighted by atomic mass is 10.4. The maximum absolute atomic E-state index is 3.21. The van der Waals surface area contributed by atoms with Crippen LogP contribution in [0.5, 0.6) is 0 Å². The molecular weight excluding hydrogens is 201 g/mol.